The van der Waals surface area contributed by atoms with Gasteiger partial charge in [-0.05, 0) is 48.0 Å². The van der Waals surface area contributed by atoms with E-state index in [0.717, 1.165) is 11.7 Å². The van der Waals surface area contributed by atoms with Crippen LogP contribution in [-0.4, -0.2) is 23.1 Å². The minimum atomic E-state index is -3.83. The van der Waals surface area contributed by atoms with E-state index >= 15 is 0 Å². The van der Waals surface area contributed by atoms with Gasteiger partial charge >= 0.3 is 10.0 Å². The molecule has 7 nitrogen and oxygen atoms in total. The topological polar surface area (TPSA) is 105 Å². The predicted octanol–water partition coefficient (Wildman–Crippen LogP) is 4.37. The largest absolute Gasteiger partial charge is 0.398 e. The highest BCUT2D eigenvalue weighted by molar-refractivity contribution is 7.93. The average Bonchev–Trinajstić information content (AvgIpc) is 3.22. The Labute approximate surface area is 186 Å². The number of nitrogens with one attached hydrogen (secondary N) is 2. The number of rotatable bonds is 6. The number of amides is 1. The highest BCUT2D eigenvalue weighted by Crippen LogP contribution is 2.27. The van der Waals surface area contributed by atoms with Crippen molar-refractivity contribution < 1.29 is 17.6 Å². The fourth-order valence-corrected chi connectivity index (χ4v) is 4.92. The van der Waals surface area contributed by atoms with E-state index in [9.17, 15) is 17.6 Å². The van der Waals surface area contributed by atoms with Crippen molar-refractivity contribution in [1.82, 2.24) is 14.1 Å². The normalized spacial score (nSPS) is 13.0. The smallest absolute Gasteiger partial charge is 0.348 e. The van der Waals surface area contributed by atoms with Crippen molar-refractivity contribution in [3.63, 3.8) is 0 Å². The van der Waals surface area contributed by atoms with Crippen molar-refractivity contribution in [2.75, 3.05) is 4.72 Å². The van der Waals surface area contributed by atoms with Crippen molar-refractivity contribution in [3.8, 4) is 0 Å². The summed E-state index contributed by atoms with van der Waals surface area (Å²) in [6.45, 7) is 0.152. The molecule has 0 saturated carbocycles. The molecule has 4 rings (SSSR count). The maximum Gasteiger partial charge on any atom is 0.398 e. The number of anilines is 1. The first-order chi connectivity index (χ1) is 14.8. The third kappa shape index (κ3) is 4.66. The number of carbonyl (C=O) groups excluding carboxylic acids is 1. The third-order valence-electron chi connectivity index (χ3n) is 4.39. The Balaban J connectivity index is 1.61. The first kappa shape index (κ1) is 21.2. The number of aromatic nitrogens is 2. The number of benzene rings is 3. The Hall–Kier alpha value is -3.08. The molecule has 3 aromatic carbocycles. The van der Waals surface area contributed by atoms with Gasteiger partial charge in [-0.15, -0.1) is 0 Å². The summed E-state index contributed by atoms with van der Waals surface area (Å²) in [7, 11) is -3.83. The predicted molar refractivity (Wildman–Crippen MR) is 118 cm³/mol. The van der Waals surface area contributed by atoms with E-state index < -0.39 is 15.9 Å². The number of hydrogen-bond donors (Lipinski definition) is 2. The molecule has 31 heavy (non-hydrogen) atoms. The minimum absolute atomic E-state index is 0.0522. The summed E-state index contributed by atoms with van der Waals surface area (Å²) in [6.07, 6.45) is 0. The Morgan fingerprint density at radius 2 is 1.90 bits per heavy atom. The van der Waals surface area contributed by atoms with Gasteiger partial charge in [0.15, 0.2) is 4.90 Å². The van der Waals surface area contributed by atoms with Crippen LogP contribution in [0.2, 0.25) is 5.02 Å². The molecule has 0 spiro atoms. The maximum atomic E-state index is 13.1. The van der Waals surface area contributed by atoms with Crippen LogP contribution < -0.4 is 10.0 Å². The molecule has 158 valence electrons. The Morgan fingerprint density at radius 3 is 2.68 bits per heavy atom. The molecule has 0 aliphatic heterocycles. The van der Waals surface area contributed by atoms with Gasteiger partial charge in [-0.3, -0.25) is 4.79 Å². The maximum absolute atomic E-state index is 13.1. The molecule has 1 atom stereocenters. The van der Waals surface area contributed by atoms with Gasteiger partial charge in [-0.1, -0.05) is 29.8 Å². The molecule has 3 N–H and O–H groups in total. The molecule has 0 saturated heterocycles. The Morgan fingerprint density at radius 1 is 1.13 bits per heavy atom. The Bertz CT molecular complexity index is 1370. The van der Waals surface area contributed by atoms with E-state index in [-0.39, 0.29) is 33.5 Å². The monoisotopic (exact) mass is 477 g/mol. The van der Waals surface area contributed by atoms with E-state index in [1.165, 1.54) is 36.4 Å². The van der Waals surface area contributed by atoms with Crippen molar-refractivity contribution in [3.05, 3.63) is 82.6 Å². The summed E-state index contributed by atoms with van der Waals surface area (Å²) in [6, 6.07) is 14.8. The second-order valence-corrected chi connectivity index (χ2v) is 9.18. The van der Waals surface area contributed by atoms with Gasteiger partial charge in [0, 0.05) is 11.6 Å². The molecule has 4 aromatic rings. The van der Waals surface area contributed by atoms with Crippen molar-refractivity contribution in [2.45, 2.75) is 11.4 Å². The molecule has 11 heteroatoms. The van der Waals surface area contributed by atoms with Gasteiger partial charge in [0.05, 0.1) is 23.0 Å². The molecule has 0 aliphatic rings. The summed E-state index contributed by atoms with van der Waals surface area (Å²) < 4.78 is 47.6. The third-order valence-corrected chi connectivity index (χ3v) is 6.59. The van der Waals surface area contributed by atoms with Gasteiger partial charge < -0.3 is 5.32 Å². The lowest BCUT2D eigenvalue weighted by molar-refractivity contribution is 0.0952. The van der Waals surface area contributed by atoms with Crippen LogP contribution in [0.5, 0.6) is 0 Å². The highest BCUT2D eigenvalue weighted by Gasteiger charge is 2.27. The van der Waals surface area contributed by atoms with E-state index in [4.69, 9.17) is 11.6 Å². The molecular weight excluding hydrogens is 463 g/mol. The first-order valence-electron chi connectivity index (χ1n) is 8.91. The summed E-state index contributed by atoms with van der Waals surface area (Å²) in [5, 5.41) is 2.99. The molecule has 1 aromatic heterocycles. The fourth-order valence-electron chi connectivity index (χ4n) is 2.89. The fraction of sp³-hybridized carbons (Fsp3) is 0.0500. The van der Waals surface area contributed by atoms with Crippen LogP contribution in [0.15, 0.2) is 65.6 Å². The lowest BCUT2D eigenvalue weighted by Gasteiger charge is -2.11. The molecule has 1 amide bonds. The van der Waals surface area contributed by atoms with Crippen molar-refractivity contribution in [2.24, 2.45) is 0 Å². The van der Waals surface area contributed by atoms with Gasteiger partial charge in [0.2, 0.25) is 0 Å². The lowest BCUT2D eigenvalue weighted by Crippen LogP contribution is -2.25. The highest BCUT2D eigenvalue weighted by atomic mass is 35.5. The number of nitrogens with zero attached hydrogens (tertiary/aromatic N) is 2. The van der Waals surface area contributed by atoms with Crippen LogP contribution in [0.4, 0.5) is 10.1 Å². The van der Waals surface area contributed by atoms with Gasteiger partial charge in [0.25, 0.3) is 5.91 Å². The number of carbonyl (C=O) groups is 1. The zero-order chi connectivity index (χ0) is 22.0. The molecule has 0 fully saturated rings. The number of fused-ring (bicyclic) bond motifs is 1. The summed E-state index contributed by atoms with van der Waals surface area (Å²) >= 11 is 6.99. The van der Waals surface area contributed by atoms with Gasteiger partial charge in [-0.2, -0.15) is 13.0 Å². The average molecular weight is 478 g/mol. The van der Waals surface area contributed by atoms with Crippen LogP contribution in [0.1, 0.15) is 15.9 Å². The van der Waals surface area contributed by atoms with E-state index in [2.05, 4.69) is 18.8 Å². The summed E-state index contributed by atoms with van der Waals surface area (Å²) in [4.78, 5) is 12.8. The van der Waals surface area contributed by atoms with Crippen molar-refractivity contribution >= 4 is 56.0 Å². The van der Waals surface area contributed by atoms with Crippen LogP contribution in [-0.2, 0) is 16.6 Å². The molecule has 1 heterocycles. The van der Waals surface area contributed by atoms with Crippen LogP contribution >= 0.6 is 23.3 Å². The minimum Gasteiger partial charge on any atom is -0.348 e. The molecule has 1 unspecified atom stereocenters. The molecule has 0 radical (unpaired) electrons. The second kappa shape index (κ2) is 8.58. The zero-order valence-corrected chi connectivity index (χ0v) is 18.1. The lowest BCUT2D eigenvalue weighted by atomic mass is 10.1. The van der Waals surface area contributed by atoms with Crippen molar-refractivity contribution in [1.29, 1.82) is 0 Å². The number of halogens is 2. The molecular formula is C20H15ClFN4O3S2+. The quantitative estimate of drug-likeness (QED) is 0.402. The number of hydrogen-bond acceptors (Lipinski definition) is 5. The second-order valence-electron chi connectivity index (χ2n) is 6.52. The van der Waals surface area contributed by atoms with Crippen LogP contribution in [0.3, 0.4) is 0 Å². The van der Waals surface area contributed by atoms with Gasteiger partial charge in [-0.25, -0.2) is 13.3 Å². The standard InChI is InChI=1S/C20H14ClFN4O3S2/c21-13-6-9-15(20(27)23-11-12-4-7-14(22)8-5-12)17(10-13)26-31(28,29)18-3-1-2-16-19(18)25-30-24-16/h1-10H,11H2,(H,23,27)(H,26,28,29)/p+1. The van der Waals surface area contributed by atoms with E-state index in [1.807, 2.05) is 0 Å². The van der Waals surface area contributed by atoms with Crippen LogP contribution in [0, 0.1) is 5.82 Å². The Kier molecular flexibility index (Phi) is 5.86. The first-order valence-corrected chi connectivity index (χ1v) is 11.5. The molecule has 0 bridgehead atoms. The zero-order valence-electron chi connectivity index (χ0n) is 15.7. The van der Waals surface area contributed by atoms with E-state index in [0.29, 0.717) is 16.6 Å². The SMILES string of the molecule is O=C(NCc1ccc(F)cc1)c1ccc(Cl)cc1NS(=O)(=[OH+])c1cccc2nsnc12. The van der Waals surface area contributed by atoms with Gasteiger partial charge in [0.1, 0.15) is 16.9 Å². The van der Waals surface area contributed by atoms with E-state index in [1.54, 1.807) is 24.3 Å². The summed E-state index contributed by atoms with van der Waals surface area (Å²) in [5.74, 6) is -0.866. The summed E-state index contributed by atoms with van der Waals surface area (Å²) in [5.41, 5.74) is 1.70. The van der Waals surface area contributed by atoms with Crippen LogP contribution in [0.25, 0.3) is 11.0 Å². The molecule has 0 aliphatic carbocycles.